The van der Waals surface area contributed by atoms with Crippen LogP contribution < -0.4 is 0 Å². The lowest BCUT2D eigenvalue weighted by Gasteiger charge is -2.22. The van der Waals surface area contributed by atoms with Crippen LogP contribution in [0, 0.1) is 11.8 Å². The molecule has 0 radical (unpaired) electrons. The van der Waals surface area contributed by atoms with E-state index in [1.165, 1.54) is 0 Å². The molecule has 4 atom stereocenters. The van der Waals surface area contributed by atoms with Gasteiger partial charge in [-0.2, -0.15) is 0 Å². The Labute approximate surface area is 191 Å². The third-order valence-corrected chi connectivity index (χ3v) is 6.99. The van der Waals surface area contributed by atoms with Gasteiger partial charge >= 0.3 is 5.97 Å². The molecular weight excluding hydrogens is 455 g/mol. The SMILES string of the molecule is O=C(CCCC=CC[C@@H]1[C@@H](CSc2cc(Cl)cc(Cl)c2)[C@H](O)C[C@H]1Cl)OCCO. The van der Waals surface area contributed by atoms with Gasteiger partial charge in [-0.1, -0.05) is 35.4 Å². The van der Waals surface area contributed by atoms with Gasteiger partial charge in [0.1, 0.15) is 6.61 Å². The van der Waals surface area contributed by atoms with Crippen LogP contribution in [0.1, 0.15) is 32.1 Å². The van der Waals surface area contributed by atoms with Crippen molar-refractivity contribution in [3.63, 3.8) is 0 Å². The first-order valence-electron chi connectivity index (χ1n) is 9.73. The lowest BCUT2D eigenvalue weighted by Crippen LogP contribution is -2.22. The van der Waals surface area contributed by atoms with Gasteiger partial charge in [0.25, 0.3) is 0 Å². The Morgan fingerprint density at radius 3 is 2.62 bits per heavy atom. The third-order valence-electron chi connectivity index (χ3n) is 4.93. The zero-order valence-electron chi connectivity index (χ0n) is 16.1. The van der Waals surface area contributed by atoms with E-state index >= 15 is 0 Å². The number of thioether (sulfide) groups is 1. The maximum absolute atomic E-state index is 11.4. The van der Waals surface area contributed by atoms with Crippen molar-refractivity contribution in [2.24, 2.45) is 11.8 Å². The van der Waals surface area contributed by atoms with E-state index in [4.69, 9.17) is 44.6 Å². The summed E-state index contributed by atoms with van der Waals surface area (Å²) in [7, 11) is 0. The summed E-state index contributed by atoms with van der Waals surface area (Å²) < 4.78 is 4.82. The summed E-state index contributed by atoms with van der Waals surface area (Å²) in [6.45, 7) is -0.0984. The van der Waals surface area contributed by atoms with Crippen molar-refractivity contribution < 1.29 is 19.7 Å². The number of alkyl halides is 1. The van der Waals surface area contributed by atoms with Gasteiger partial charge in [0.05, 0.1) is 12.7 Å². The molecule has 0 saturated heterocycles. The van der Waals surface area contributed by atoms with Crippen LogP contribution >= 0.6 is 46.6 Å². The van der Waals surface area contributed by atoms with Crippen LogP contribution in [-0.4, -0.2) is 46.6 Å². The molecule has 162 valence electrons. The Bertz CT molecular complexity index is 666. The molecule has 2 rings (SSSR count). The van der Waals surface area contributed by atoms with Crippen molar-refractivity contribution in [1.82, 2.24) is 0 Å². The molecule has 0 aromatic heterocycles. The van der Waals surface area contributed by atoms with E-state index in [2.05, 4.69) is 12.2 Å². The highest BCUT2D eigenvalue weighted by Gasteiger charge is 2.40. The van der Waals surface area contributed by atoms with Crippen LogP contribution in [0.5, 0.6) is 0 Å². The lowest BCUT2D eigenvalue weighted by atomic mass is 9.93. The molecule has 2 N–H and O–H groups in total. The van der Waals surface area contributed by atoms with E-state index in [9.17, 15) is 9.90 Å². The van der Waals surface area contributed by atoms with Crippen molar-refractivity contribution in [3.8, 4) is 0 Å². The molecule has 8 heteroatoms. The topological polar surface area (TPSA) is 66.8 Å². The summed E-state index contributed by atoms with van der Waals surface area (Å²) in [5.74, 6) is 0.749. The quantitative estimate of drug-likeness (QED) is 0.147. The number of hydrogen-bond acceptors (Lipinski definition) is 5. The van der Waals surface area contributed by atoms with Gasteiger partial charge in [0.15, 0.2) is 0 Å². The summed E-state index contributed by atoms with van der Waals surface area (Å²) in [5.41, 5.74) is 0. The van der Waals surface area contributed by atoms with Gasteiger partial charge in [-0.15, -0.1) is 23.4 Å². The molecule has 0 spiro atoms. The fourth-order valence-corrected chi connectivity index (χ4v) is 5.86. The fraction of sp³-hybridized carbons (Fsp3) is 0.571. The molecule has 1 saturated carbocycles. The van der Waals surface area contributed by atoms with E-state index in [1.807, 2.05) is 12.1 Å². The Hall–Kier alpha value is -0.430. The minimum Gasteiger partial charge on any atom is -0.463 e. The first-order chi connectivity index (χ1) is 13.9. The number of carbonyl (C=O) groups is 1. The monoisotopic (exact) mass is 480 g/mol. The molecular formula is C21H27Cl3O4S. The second kappa shape index (κ2) is 13.1. The zero-order chi connectivity index (χ0) is 21.2. The number of aliphatic hydroxyl groups excluding tert-OH is 2. The molecule has 1 aliphatic carbocycles. The summed E-state index contributed by atoms with van der Waals surface area (Å²) in [4.78, 5) is 12.4. The molecule has 1 aromatic rings. The molecule has 1 aromatic carbocycles. The minimum atomic E-state index is -0.417. The van der Waals surface area contributed by atoms with Crippen molar-refractivity contribution >= 4 is 52.5 Å². The average molecular weight is 482 g/mol. The maximum atomic E-state index is 11.4. The normalized spacial score (nSPS) is 24.3. The number of ether oxygens (including phenoxy) is 1. The number of hydrogen-bond donors (Lipinski definition) is 2. The van der Waals surface area contributed by atoms with Gasteiger partial charge in [0.2, 0.25) is 0 Å². The highest BCUT2D eigenvalue weighted by atomic mass is 35.5. The molecule has 1 aliphatic rings. The van der Waals surface area contributed by atoms with Gasteiger partial charge in [-0.3, -0.25) is 4.79 Å². The van der Waals surface area contributed by atoms with E-state index in [1.54, 1.807) is 17.8 Å². The van der Waals surface area contributed by atoms with E-state index in [-0.39, 0.29) is 36.4 Å². The number of rotatable bonds is 11. The van der Waals surface area contributed by atoms with Crippen molar-refractivity contribution in [2.75, 3.05) is 19.0 Å². The number of carbonyl (C=O) groups excluding carboxylic acids is 1. The predicted octanol–water partition coefficient (Wildman–Crippen LogP) is 5.34. The molecule has 0 heterocycles. The average Bonchev–Trinajstić information content (AvgIpc) is 2.93. The highest BCUT2D eigenvalue weighted by Crippen LogP contribution is 2.41. The molecule has 0 bridgehead atoms. The van der Waals surface area contributed by atoms with Crippen LogP contribution in [-0.2, 0) is 9.53 Å². The van der Waals surface area contributed by atoms with Crippen molar-refractivity contribution in [2.45, 2.75) is 48.5 Å². The Morgan fingerprint density at radius 1 is 1.21 bits per heavy atom. The number of benzene rings is 1. The molecule has 0 unspecified atom stereocenters. The second-order valence-electron chi connectivity index (χ2n) is 7.11. The first-order valence-corrected chi connectivity index (χ1v) is 11.9. The number of allylic oxidation sites excluding steroid dienone is 2. The smallest absolute Gasteiger partial charge is 0.305 e. The largest absolute Gasteiger partial charge is 0.463 e. The van der Waals surface area contributed by atoms with Crippen LogP contribution in [0.3, 0.4) is 0 Å². The fourth-order valence-electron chi connectivity index (χ4n) is 3.46. The molecule has 4 nitrogen and oxygen atoms in total. The van der Waals surface area contributed by atoms with Crippen LogP contribution in [0.4, 0.5) is 0 Å². The van der Waals surface area contributed by atoms with Gasteiger partial charge in [-0.05, 0) is 55.7 Å². The Morgan fingerprint density at radius 2 is 1.93 bits per heavy atom. The second-order valence-corrected chi connectivity index (χ2v) is 9.63. The number of aliphatic hydroxyl groups is 2. The predicted molar refractivity (Wildman–Crippen MR) is 120 cm³/mol. The van der Waals surface area contributed by atoms with E-state index < -0.39 is 6.10 Å². The summed E-state index contributed by atoms with van der Waals surface area (Å²) in [6.07, 6.45) is 6.93. The molecule has 0 amide bonds. The molecule has 29 heavy (non-hydrogen) atoms. The summed E-state index contributed by atoms with van der Waals surface area (Å²) >= 11 is 20.3. The van der Waals surface area contributed by atoms with Gasteiger partial charge in [0, 0.05) is 32.5 Å². The first kappa shape index (κ1) is 24.8. The Kier molecular flexibility index (Phi) is 11.2. The molecule has 0 aliphatic heterocycles. The number of esters is 1. The maximum Gasteiger partial charge on any atom is 0.305 e. The zero-order valence-corrected chi connectivity index (χ0v) is 19.2. The summed E-state index contributed by atoms with van der Waals surface area (Å²) in [6, 6.07) is 5.45. The Balaban J connectivity index is 1.79. The van der Waals surface area contributed by atoms with E-state index in [0.717, 1.165) is 23.5 Å². The van der Waals surface area contributed by atoms with Crippen molar-refractivity contribution in [1.29, 1.82) is 0 Å². The van der Waals surface area contributed by atoms with Crippen LogP contribution in [0.25, 0.3) is 0 Å². The van der Waals surface area contributed by atoms with Crippen LogP contribution in [0.15, 0.2) is 35.2 Å². The van der Waals surface area contributed by atoms with Gasteiger partial charge < -0.3 is 14.9 Å². The summed E-state index contributed by atoms with van der Waals surface area (Å²) in [5, 5.41) is 20.2. The number of unbranched alkanes of at least 4 members (excludes halogenated alkanes) is 1. The number of halogens is 3. The third kappa shape index (κ3) is 8.68. The standard InChI is InChI=1S/C21H27Cl3O4S/c22-14-9-15(23)11-16(10-14)29-13-18-17(19(24)12-20(18)26)5-3-1-2-4-6-21(27)28-8-7-25/h1,3,9-11,17-20,25-26H,2,4-8,12-13H2/t17-,18-,19-,20-/m1/s1. The van der Waals surface area contributed by atoms with Gasteiger partial charge in [-0.25, -0.2) is 0 Å². The highest BCUT2D eigenvalue weighted by molar-refractivity contribution is 7.99. The molecule has 1 fully saturated rings. The van der Waals surface area contributed by atoms with Crippen LogP contribution in [0.2, 0.25) is 10.0 Å². The lowest BCUT2D eigenvalue weighted by molar-refractivity contribution is -0.144. The minimum absolute atomic E-state index is 0.0522. The van der Waals surface area contributed by atoms with Crippen molar-refractivity contribution in [3.05, 3.63) is 40.4 Å². The van der Waals surface area contributed by atoms with E-state index in [0.29, 0.717) is 29.3 Å².